The van der Waals surface area contributed by atoms with Crippen LogP contribution in [0.1, 0.15) is 24.4 Å². The molecule has 0 spiro atoms. The maximum Gasteiger partial charge on any atom is 0.230 e. The van der Waals surface area contributed by atoms with Crippen LogP contribution in [0, 0.1) is 0 Å². The average molecular weight is 336 g/mol. The van der Waals surface area contributed by atoms with Gasteiger partial charge in [0.2, 0.25) is 11.7 Å². The standard InChI is InChI=1S/C18H16N4O3/c1-11(15-9-12-5-2-3-6-13(12)25-15)18(23)19-10-16-20-17(22-21-16)14-7-4-8-24-14/h2-9,11H,10H2,1H3,(H,19,23)(H,20,21,22)/t11-/m0/s1. The van der Waals surface area contributed by atoms with Crippen LogP contribution in [-0.4, -0.2) is 21.1 Å². The summed E-state index contributed by atoms with van der Waals surface area (Å²) in [6, 6.07) is 13.1. The zero-order valence-corrected chi connectivity index (χ0v) is 13.5. The first kappa shape index (κ1) is 15.2. The van der Waals surface area contributed by atoms with Gasteiger partial charge in [-0.25, -0.2) is 4.98 Å². The van der Waals surface area contributed by atoms with E-state index in [1.54, 1.807) is 18.4 Å². The van der Waals surface area contributed by atoms with E-state index in [0.717, 1.165) is 11.0 Å². The SMILES string of the molecule is C[C@H](C(=O)NCc1nc(-c2ccco2)n[nH]1)c1cc2ccccc2o1. The second kappa shape index (κ2) is 6.27. The van der Waals surface area contributed by atoms with E-state index in [1.807, 2.05) is 37.3 Å². The summed E-state index contributed by atoms with van der Waals surface area (Å²) in [7, 11) is 0. The molecule has 1 amide bonds. The van der Waals surface area contributed by atoms with Crippen LogP contribution in [0.5, 0.6) is 0 Å². The van der Waals surface area contributed by atoms with Gasteiger partial charge in [0.15, 0.2) is 5.76 Å². The summed E-state index contributed by atoms with van der Waals surface area (Å²) in [5.41, 5.74) is 0.774. The molecule has 1 aromatic carbocycles. The van der Waals surface area contributed by atoms with Crippen molar-refractivity contribution in [3.63, 3.8) is 0 Å². The van der Waals surface area contributed by atoms with E-state index in [-0.39, 0.29) is 12.5 Å². The van der Waals surface area contributed by atoms with Crippen molar-refractivity contribution in [3.05, 3.63) is 60.3 Å². The van der Waals surface area contributed by atoms with Gasteiger partial charge in [-0.05, 0) is 31.2 Å². The third-order valence-corrected chi connectivity index (χ3v) is 3.97. The number of fused-ring (bicyclic) bond motifs is 1. The van der Waals surface area contributed by atoms with Crippen LogP contribution in [-0.2, 0) is 11.3 Å². The molecule has 7 heteroatoms. The monoisotopic (exact) mass is 336 g/mol. The molecule has 4 aromatic rings. The van der Waals surface area contributed by atoms with Crippen molar-refractivity contribution in [2.75, 3.05) is 0 Å². The quantitative estimate of drug-likeness (QED) is 0.583. The number of nitrogens with zero attached hydrogens (tertiary/aromatic N) is 2. The summed E-state index contributed by atoms with van der Waals surface area (Å²) in [6.45, 7) is 2.05. The minimum Gasteiger partial charge on any atom is -0.461 e. The highest BCUT2D eigenvalue weighted by atomic mass is 16.3. The molecule has 0 radical (unpaired) electrons. The Morgan fingerprint density at radius 2 is 2.16 bits per heavy atom. The molecule has 0 fully saturated rings. The molecule has 4 rings (SSSR count). The van der Waals surface area contributed by atoms with Crippen molar-refractivity contribution >= 4 is 16.9 Å². The molecule has 3 aromatic heterocycles. The number of carbonyl (C=O) groups excluding carboxylic acids is 1. The van der Waals surface area contributed by atoms with Crippen molar-refractivity contribution in [1.29, 1.82) is 0 Å². The molecule has 126 valence electrons. The Balaban J connectivity index is 1.41. The van der Waals surface area contributed by atoms with Gasteiger partial charge in [-0.2, -0.15) is 0 Å². The van der Waals surface area contributed by atoms with Gasteiger partial charge in [0.05, 0.1) is 18.7 Å². The van der Waals surface area contributed by atoms with Crippen LogP contribution in [0.2, 0.25) is 0 Å². The molecule has 7 nitrogen and oxygen atoms in total. The van der Waals surface area contributed by atoms with E-state index in [2.05, 4.69) is 20.5 Å². The summed E-state index contributed by atoms with van der Waals surface area (Å²) in [5, 5.41) is 10.7. The summed E-state index contributed by atoms with van der Waals surface area (Å²) in [6.07, 6.45) is 1.56. The van der Waals surface area contributed by atoms with Gasteiger partial charge in [-0.15, -0.1) is 5.10 Å². The second-order valence-electron chi connectivity index (χ2n) is 5.71. The summed E-state index contributed by atoms with van der Waals surface area (Å²) in [4.78, 5) is 16.7. The lowest BCUT2D eigenvalue weighted by atomic mass is 10.1. The highest BCUT2D eigenvalue weighted by molar-refractivity contribution is 5.85. The van der Waals surface area contributed by atoms with Crippen LogP contribution in [0.25, 0.3) is 22.6 Å². The highest BCUT2D eigenvalue weighted by Gasteiger charge is 2.19. The molecule has 0 aliphatic carbocycles. The van der Waals surface area contributed by atoms with Crippen LogP contribution in [0.15, 0.2) is 57.6 Å². The molecule has 0 saturated heterocycles. The van der Waals surface area contributed by atoms with Gasteiger partial charge in [0, 0.05) is 5.39 Å². The number of para-hydroxylation sites is 1. The minimum atomic E-state index is -0.403. The molecule has 0 aliphatic heterocycles. The summed E-state index contributed by atoms with van der Waals surface area (Å²) >= 11 is 0. The summed E-state index contributed by atoms with van der Waals surface area (Å²) in [5.74, 6) is 1.67. The third-order valence-electron chi connectivity index (χ3n) is 3.97. The van der Waals surface area contributed by atoms with Crippen molar-refractivity contribution in [3.8, 4) is 11.6 Å². The number of nitrogens with one attached hydrogen (secondary N) is 2. The van der Waals surface area contributed by atoms with Crippen LogP contribution >= 0.6 is 0 Å². The summed E-state index contributed by atoms with van der Waals surface area (Å²) < 4.78 is 11.0. The van der Waals surface area contributed by atoms with Crippen molar-refractivity contribution in [2.24, 2.45) is 0 Å². The molecule has 25 heavy (non-hydrogen) atoms. The van der Waals surface area contributed by atoms with Crippen molar-refractivity contribution in [1.82, 2.24) is 20.5 Å². The normalized spacial score (nSPS) is 12.4. The first-order chi connectivity index (χ1) is 12.2. The molecule has 0 aliphatic rings. The van der Waals surface area contributed by atoms with E-state index in [0.29, 0.717) is 23.2 Å². The van der Waals surface area contributed by atoms with E-state index in [9.17, 15) is 4.79 Å². The first-order valence-corrected chi connectivity index (χ1v) is 7.92. The Morgan fingerprint density at radius 1 is 1.28 bits per heavy atom. The van der Waals surface area contributed by atoms with E-state index >= 15 is 0 Å². The lowest BCUT2D eigenvalue weighted by Crippen LogP contribution is -2.27. The van der Waals surface area contributed by atoms with Crippen LogP contribution in [0.4, 0.5) is 0 Å². The van der Waals surface area contributed by atoms with Crippen molar-refractivity contribution < 1.29 is 13.6 Å². The predicted molar refractivity (Wildman–Crippen MR) is 90.6 cm³/mol. The molecule has 3 heterocycles. The average Bonchev–Trinajstić information content (AvgIpc) is 3.38. The zero-order chi connectivity index (χ0) is 17.2. The maximum absolute atomic E-state index is 12.4. The van der Waals surface area contributed by atoms with Gasteiger partial charge in [0.25, 0.3) is 0 Å². The Morgan fingerprint density at radius 3 is 2.96 bits per heavy atom. The number of hydrogen-bond acceptors (Lipinski definition) is 5. The van der Waals surface area contributed by atoms with Crippen LogP contribution < -0.4 is 5.32 Å². The van der Waals surface area contributed by atoms with E-state index in [4.69, 9.17) is 8.83 Å². The maximum atomic E-state index is 12.4. The van der Waals surface area contributed by atoms with Gasteiger partial charge in [-0.1, -0.05) is 18.2 Å². The topological polar surface area (TPSA) is 97.0 Å². The number of hydrogen-bond donors (Lipinski definition) is 2. The van der Waals surface area contributed by atoms with Gasteiger partial charge >= 0.3 is 0 Å². The number of benzene rings is 1. The zero-order valence-electron chi connectivity index (χ0n) is 13.5. The minimum absolute atomic E-state index is 0.144. The van der Waals surface area contributed by atoms with E-state index in [1.165, 1.54) is 0 Å². The molecule has 0 bridgehead atoms. The van der Waals surface area contributed by atoms with Crippen molar-refractivity contribution in [2.45, 2.75) is 19.4 Å². The number of aromatic nitrogens is 3. The Kier molecular flexibility index (Phi) is 3.81. The lowest BCUT2D eigenvalue weighted by Gasteiger charge is -2.08. The molecular formula is C18H16N4O3. The smallest absolute Gasteiger partial charge is 0.230 e. The fraction of sp³-hybridized carbons (Fsp3) is 0.167. The Labute approximate surface area is 143 Å². The third kappa shape index (κ3) is 3.03. The predicted octanol–water partition coefficient (Wildman–Crippen LogP) is 3.23. The molecule has 2 N–H and O–H groups in total. The van der Waals surface area contributed by atoms with Gasteiger partial charge in [0.1, 0.15) is 17.2 Å². The Bertz CT molecular complexity index is 967. The first-order valence-electron chi connectivity index (χ1n) is 7.92. The Hall–Kier alpha value is -3.35. The molecule has 0 unspecified atom stereocenters. The second-order valence-corrected chi connectivity index (χ2v) is 5.71. The number of amides is 1. The number of furan rings is 2. The number of rotatable bonds is 5. The van der Waals surface area contributed by atoms with Gasteiger partial charge < -0.3 is 14.2 Å². The molecule has 0 saturated carbocycles. The molecular weight excluding hydrogens is 320 g/mol. The fourth-order valence-corrected chi connectivity index (χ4v) is 2.56. The number of aromatic amines is 1. The molecule has 1 atom stereocenters. The highest BCUT2D eigenvalue weighted by Crippen LogP contribution is 2.25. The van der Waals surface area contributed by atoms with Crippen LogP contribution in [0.3, 0.4) is 0 Å². The largest absolute Gasteiger partial charge is 0.461 e. The lowest BCUT2D eigenvalue weighted by molar-refractivity contribution is -0.122. The van der Waals surface area contributed by atoms with E-state index < -0.39 is 5.92 Å². The number of H-pyrrole nitrogens is 1. The fourth-order valence-electron chi connectivity index (χ4n) is 2.56. The van der Waals surface area contributed by atoms with Gasteiger partial charge in [-0.3, -0.25) is 9.89 Å². The number of carbonyl (C=O) groups is 1.